The second-order valence-electron chi connectivity index (χ2n) is 1.01. The number of hydrogen-bond acceptors (Lipinski definition) is 2. The zero-order valence-electron chi connectivity index (χ0n) is 4.44. The summed E-state index contributed by atoms with van der Waals surface area (Å²) in [4.78, 5) is 19.1. The van der Waals surface area contributed by atoms with Gasteiger partial charge in [0.25, 0.3) is 0 Å². The highest BCUT2D eigenvalue weighted by molar-refractivity contribution is 5.89. The molecule has 0 aromatic carbocycles. The third kappa shape index (κ3) is 10.8. The van der Waals surface area contributed by atoms with Crippen molar-refractivity contribution in [3.63, 3.8) is 0 Å². The Balaban J connectivity index is 0. The lowest BCUT2D eigenvalue weighted by Gasteiger charge is -1.74. The van der Waals surface area contributed by atoms with Crippen molar-refractivity contribution in [2.75, 3.05) is 0 Å². The standard InChI is InChI=1S/C4H4O4.CH/c5-3(6)1-2-4(7)8;/h1-2H,(H,5,6)(H,7,8);1H. The van der Waals surface area contributed by atoms with Gasteiger partial charge in [-0.1, -0.05) is 0 Å². The molecule has 0 saturated heterocycles. The Morgan fingerprint density at radius 2 is 1.22 bits per heavy atom. The Kier molecular flexibility index (Phi) is 5.70. The molecule has 0 aliphatic rings. The maximum Gasteiger partial charge on any atom is 0.328 e. The highest BCUT2D eigenvalue weighted by Crippen LogP contribution is 1.70. The second-order valence-corrected chi connectivity index (χ2v) is 1.01. The summed E-state index contributed by atoms with van der Waals surface area (Å²) in [5.74, 6) is -2.51. The first kappa shape index (κ1) is 10.6. The van der Waals surface area contributed by atoms with Crippen LogP contribution in [0.2, 0.25) is 0 Å². The van der Waals surface area contributed by atoms with Gasteiger partial charge in [-0.3, -0.25) is 0 Å². The highest BCUT2D eigenvalue weighted by Gasteiger charge is 1.88. The van der Waals surface area contributed by atoms with Gasteiger partial charge in [0.15, 0.2) is 0 Å². The van der Waals surface area contributed by atoms with Gasteiger partial charge in [0.1, 0.15) is 0 Å². The van der Waals surface area contributed by atoms with E-state index in [1.807, 2.05) is 0 Å². The van der Waals surface area contributed by atoms with E-state index in [1.165, 1.54) is 0 Å². The second kappa shape index (κ2) is 4.83. The van der Waals surface area contributed by atoms with Gasteiger partial charge >= 0.3 is 11.9 Å². The van der Waals surface area contributed by atoms with Crippen molar-refractivity contribution in [1.82, 2.24) is 0 Å². The summed E-state index contributed by atoms with van der Waals surface area (Å²) in [5, 5.41) is 15.6. The smallest absolute Gasteiger partial charge is 0.328 e. The van der Waals surface area contributed by atoms with Crippen molar-refractivity contribution in [3.8, 4) is 0 Å². The van der Waals surface area contributed by atoms with E-state index in [-0.39, 0.29) is 7.43 Å². The minimum Gasteiger partial charge on any atom is -0.478 e. The third-order valence-corrected chi connectivity index (χ3v) is 0.368. The van der Waals surface area contributed by atoms with Crippen LogP contribution in [-0.4, -0.2) is 22.2 Å². The van der Waals surface area contributed by atoms with Crippen LogP contribution in [0.1, 0.15) is 0 Å². The maximum atomic E-state index is 9.55. The molecule has 4 heteroatoms. The van der Waals surface area contributed by atoms with Gasteiger partial charge in [-0.05, 0) is 7.43 Å². The fourth-order valence-electron chi connectivity index (χ4n) is 0.143. The van der Waals surface area contributed by atoms with Gasteiger partial charge in [0, 0.05) is 12.2 Å². The molecule has 0 aliphatic carbocycles. The van der Waals surface area contributed by atoms with Gasteiger partial charge in [-0.25, -0.2) is 9.59 Å². The van der Waals surface area contributed by atoms with E-state index < -0.39 is 11.9 Å². The first-order chi connectivity index (χ1) is 3.63. The van der Waals surface area contributed by atoms with E-state index in [1.54, 1.807) is 0 Å². The van der Waals surface area contributed by atoms with E-state index in [9.17, 15) is 9.59 Å². The molecule has 2 N–H and O–H groups in total. The summed E-state index contributed by atoms with van der Waals surface area (Å²) in [5.41, 5.74) is 0. The monoisotopic (exact) mass is 129 g/mol. The van der Waals surface area contributed by atoms with Crippen molar-refractivity contribution in [1.29, 1.82) is 0 Å². The van der Waals surface area contributed by atoms with Gasteiger partial charge < -0.3 is 10.2 Å². The number of hydrogen-bond donors (Lipinski definition) is 2. The number of rotatable bonds is 2. The summed E-state index contributed by atoms with van der Waals surface area (Å²) in [6.07, 6.45) is 1.12. The highest BCUT2D eigenvalue weighted by atomic mass is 16.4. The predicted molar refractivity (Wildman–Crippen MR) is 28.7 cm³/mol. The van der Waals surface area contributed by atoms with E-state index in [0.717, 1.165) is 0 Å². The van der Waals surface area contributed by atoms with Gasteiger partial charge in [-0.15, -0.1) is 0 Å². The van der Waals surface area contributed by atoms with Crippen LogP contribution in [0, 0.1) is 7.43 Å². The van der Waals surface area contributed by atoms with Crippen molar-refractivity contribution in [2.24, 2.45) is 0 Å². The summed E-state index contributed by atoms with van der Waals surface area (Å²) >= 11 is 0. The van der Waals surface area contributed by atoms with Crippen LogP contribution < -0.4 is 0 Å². The van der Waals surface area contributed by atoms with Crippen LogP contribution in [0.5, 0.6) is 0 Å². The topological polar surface area (TPSA) is 74.6 Å². The molecule has 0 fully saturated rings. The maximum absolute atomic E-state index is 9.55. The lowest BCUT2D eigenvalue weighted by Crippen LogP contribution is -1.91. The minimum absolute atomic E-state index is 0. The van der Waals surface area contributed by atoms with Crippen LogP contribution in [0.3, 0.4) is 0 Å². The van der Waals surface area contributed by atoms with Crippen LogP contribution >= 0.6 is 0 Å². The SMILES string of the molecule is O=C(O)C=CC(=O)O.[CH]. The summed E-state index contributed by atoms with van der Waals surface area (Å²) < 4.78 is 0. The van der Waals surface area contributed by atoms with Crippen LogP contribution in [0.25, 0.3) is 0 Å². The average Bonchev–Trinajstić information content (AvgIpc) is 1.61. The fourth-order valence-corrected chi connectivity index (χ4v) is 0.143. The predicted octanol–water partition coefficient (Wildman–Crippen LogP) is -0.0839. The van der Waals surface area contributed by atoms with Gasteiger partial charge in [0.2, 0.25) is 0 Å². The molecule has 0 saturated carbocycles. The Bertz CT molecular complexity index is 120. The van der Waals surface area contributed by atoms with Gasteiger partial charge in [0.05, 0.1) is 0 Å². The molecule has 0 aromatic rings. The van der Waals surface area contributed by atoms with E-state index in [0.29, 0.717) is 12.2 Å². The zero-order chi connectivity index (χ0) is 6.57. The average molecular weight is 129 g/mol. The number of carboxylic acid groups (broad SMARTS) is 2. The third-order valence-electron chi connectivity index (χ3n) is 0.368. The van der Waals surface area contributed by atoms with Crippen LogP contribution in [0.15, 0.2) is 12.2 Å². The van der Waals surface area contributed by atoms with Crippen molar-refractivity contribution in [3.05, 3.63) is 19.6 Å². The van der Waals surface area contributed by atoms with Crippen molar-refractivity contribution >= 4 is 11.9 Å². The molecule has 0 rings (SSSR count). The fraction of sp³-hybridized carbons (Fsp3) is 0. The Hall–Kier alpha value is -1.32. The molecule has 49 valence electrons. The Morgan fingerprint density at radius 1 is 1.00 bits per heavy atom. The molecule has 0 bridgehead atoms. The molecular weight excluding hydrogens is 124 g/mol. The van der Waals surface area contributed by atoms with E-state index in [2.05, 4.69) is 0 Å². The van der Waals surface area contributed by atoms with E-state index in [4.69, 9.17) is 10.2 Å². The molecule has 0 aromatic heterocycles. The molecule has 0 heterocycles. The molecule has 3 radical (unpaired) electrons. The van der Waals surface area contributed by atoms with Crippen molar-refractivity contribution in [2.45, 2.75) is 0 Å². The van der Waals surface area contributed by atoms with Crippen LogP contribution in [0.4, 0.5) is 0 Å². The molecule has 0 atom stereocenters. The lowest BCUT2D eigenvalue weighted by atomic mass is 10.5. The molecular formula is C5H5O4. The summed E-state index contributed by atoms with van der Waals surface area (Å²) in [6.45, 7) is 0. The molecule has 0 spiro atoms. The number of carboxylic acids is 2. The molecule has 0 amide bonds. The largest absolute Gasteiger partial charge is 0.478 e. The molecule has 0 aliphatic heterocycles. The first-order valence-corrected chi connectivity index (χ1v) is 1.77. The Labute approximate surface area is 52.4 Å². The Morgan fingerprint density at radius 3 is 1.33 bits per heavy atom. The zero-order valence-corrected chi connectivity index (χ0v) is 4.44. The van der Waals surface area contributed by atoms with E-state index >= 15 is 0 Å². The normalized spacial score (nSPS) is 8.44. The molecule has 0 unspecified atom stereocenters. The minimum atomic E-state index is -1.26. The number of aliphatic carboxylic acids is 2. The molecule has 4 nitrogen and oxygen atoms in total. The van der Waals surface area contributed by atoms with Crippen molar-refractivity contribution < 1.29 is 19.8 Å². The summed E-state index contributed by atoms with van der Waals surface area (Å²) in [6, 6.07) is 0. The molecule has 9 heavy (non-hydrogen) atoms. The quantitative estimate of drug-likeness (QED) is 0.511. The van der Waals surface area contributed by atoms with Crippen LogP contribution in [-0.2, 0) is 9.59 Å². The first-order valence-electron chi connectivity index (χ1n) is 1.77. The van der Waals surface area contributed by atoms with Gasteiger partial charge in [-0.2, -0.15) is 0 Å². The number of carbonyl (C=O) groups is 2. The summed E-state index contributed by atoms with van der Waals surface area (Å²) in [7, 11) is 0. The lowest BCUT2D eigenvalue weighted by molar-refractivity contribution is -0.134.